The molecule has 0 bridgehead atoms. The number of aromatic nitrogens is 1. The summed E-state index contributed by atoms with van der Waals surface area (Å²) in [5.74, 6) is 0. The van der Waals surface area contributed by atoms with Crippen LogP contribution in [0.15, 0.2) is 18.3 Å². The zero-order valence-electron chi connectivity index (χ0n) is 13.1. The van der Waals surface area contributed by atoms with Crippen LogP contribution in [0.5, 0.6) is 0 Å². The van der Waals surface area contributed by atoms with E-state index >= 15 is 0 Å². The van der Waals surface area contributed by atoms with Crippen LogP contribution in [0.2, 0.25) is 5.02 Å². The lowest BCUT2D eigenvalue weighted by Gasteiger charge is -2.37. The minimum Gasteiger partial charge on any atom is -0.293 e. The molecule has 108 valence electrons. The Bertz CT molecular complexity index is 402. The lowest BCUT2D eigenvalue weighted by Crippen LogP contribution is -2.42. The molecule has 2 nitrogen and oxygen atoms in total. The highest BCUT2D eigenvalue weighted by Crippen LogP contribution is 2.25. The number of pyridine rings is 1. The van der Waals surface area contributed by atoms with Crippen LogP contribution in [0.1, 0.15) is 53.7 Å². The summed E-state index contributed by atoms with van der Waals surface area (Å²) >= 11 is 6.22. The second kappa shape index (κ2) is 6.23. The Morgan fingerprint density at radius 1 is 1.16 bits per heavy atom. The SMILES string of the molecule is CC(C)(C)CCN(Cc1ncccc1Cl)C(C)(C)C. The van der Waals surface area contributed by atoms with E-state index in [1.807, 2.05) is 18.3 Å². The van der Waals surface area contributed by atoms with Crippen molar-refractivity contribution < 1.29 is 0 Å². The first-order valence-electron chi connectivity index (χ1n) is 6.94. The summed E-state index contributed by atoms with van der Waals surface area (Å²) in [6.45, 7) is 15.4. The maximum absolute atomic E-state index is 6.22. The molecule has 0 amide bonds. The van der Waals surface area contributed by atoms with E-state index in [-0.39, 0.29) is 5.54 Å². The number of halogens is 1. The second-order valence-corrected chi connectivity index (χ2v) is 7.74. The van der Waals surface area contributed by atoms with Gasteiger partial charge in [0.05, 0.1) is 10.7 Å². The molecule has 1 aromatic rings. The van der Waals surface area contributed by atoms with Gasteiger partial charge in [0.1, 0.15) is 0 Å². The van der Waals surface area contributed by atoms with Crippen LogP contribution in [0, 0.1) is 5.41 Å². The van der Waals surface area contributed by atoms with Crippen LogP contribution >= 0.6 is 11.6 Å². The normalized spacial score (nSPS) is 13.1. The zero-order chi connectivity index (χ0) is 14.7. The number of rotatable bonds is 4. The molecule has 19 heavy (non-hydrogen) atoms. The van der Waals surface area contributed by atoms with E-state index < -0.39 is 0 Å². The third kappa shape index (κ3) is 5.92. The van der Waals surface area contributed by atoms with Crippen LogP contribution < -0.4 is 0 Å². The predicted molar refractivity (Wildman–Crippen MR) is 83.5 cm³/mol. The van der Waals surface area contributed by atoms with Gasteiger partial charge >= 0.3 is 0 Å². The van der Waals surface area contributed by atoms with Gasteiger partial charge in [0.2, 0.25) is 0 Å². The monoisotopic (exact) mass is 282 g/mol. The first-order valence-corrected chi connectivity index (χ1v) is 7.32. The van der Waals surface area contributed by atoms with Crippen molar-refractivity contribution in [2.45, 2.75) is 60.0 Å². The Balaban J connectivity index is 2.79. The van der Waals surface area contributed by atoms with Gasteiger partial charge in [-0.1, -0.05) is 32.4 Å². The van der Waals surface area contributed by atoms with E-state index in [0.717, 1.165) is 30.2 Å². The molecule has 0 unspecified atom stereocenters. The summed E-state index contributed by atoms with van der Waals surface area (Å²) in [7, 11) is 0. The lowest BCUT2D eigenvalue weighted by atomic mass is 9.91. The van der Waals surface area contributed by atoms with Gasteiger partial charge in [-0.05, 0) is 51.3 Å². The van der Waals surface area contributed by atoms with Crippen LogP contribution in [0.3, 0.4) is 0 Å². The molecular weight excluding hydrogens is 256 g/mol. The van der Waals surface area contributed by atoms with E-state index in [1.165, 1.54) is 0 Å². The summed E-state index contributed by atoms with van der Waals surface area (Å²) in [6.07, 6.45) is 2.97. The largest absolute Gasteiger partial charge is 0.293 e. The van der Waals surface area contributed by atoms with Crippen molar-refractivity contribution in [1.29, 1.82) is 0 Å². The number of nitrogens with zero attached hydrogens (tertiary/aromatic N) is 2. The molecule has 0 aliphatic heterocycles. The van der Waals surface area contributed by atoms with Crippen molar-refractivity contribution in [2.24, 2.45) is 5.41 Å². The van der Waals surface area contributed by atoms with Gasteiger partial charge in [0.25, 0.3) is 0 Å². The third-order valence-corrected chi connectivity index (χ3v) is 3.60. The van der Waals surface area contributed by atoms with E-state index in [1.54, 1.807) is 0 Å². The maximum Gasteiger partial charge on any atom is 0.0729 e. The third-order valence-electron chi connectivity index (χ3n) is 3.26. The standard InChI is InChI=1S/C16H27ClN2/c1-15(2,3)9-11-19(16(4,5)6)12-14-13(17)8-7-10-18-14/h7-8,10H,9,11-12H2,1-6H3. The summed E-state index contributed by atoms with van der Waals surface area (Å²) in [6, 6.07) is 3.79. The average molecular weight is 283 g/mol. The quantitative estimate of drug-likeness (QED) is 0.791. The number of hydrogen-bond donors (Lipinski definition) is 0. The molecule has 3 heteroatoms. The van der Waals surface area contributed by atoms with E-state index in [9.17, 15) is 0 Å². The van der Waals surface area contributed by atoms with Gasteiger partial charge in [-0.15, -0.1) is 0 Å². The Kier molecular flexibility index (Phi) is 5.40. The molecule has 0 N–H and O–H groups in total. The summed E-state index contributed by atoms with van der Waals surface area (Å²) in [5, 5.41) is 0.757. The molecule has 0 aliphatic rings. The molecule has 0 saturated heterocycles. The van der Waals surface area contributed by atoms with Gasteiger partial charge in [-0.3, -0.25) is 9.88 Å². The number of hydrogen-bond acceptors (Lipinski definition) is 2. The Labute approximate surface area is 123 Å². The molecule has 1 aromatic heterocycles. The summed E-state index contributed by atoms with van der Waals surface area (Å²) < 4.78 is 0. The van der Waals surface area contributed by atoms with Crippen molar-refractivity contribution in [3.8, 4) is 0 Å². The highest BCUT2D eigenvalue weighted by atomic mass is 35.5. The Hall–Kier alpha value is -0.600. The average Bonchev–Trinajstić information content (AvgIpc) is 2.23. The topological polar surface area (TPSA) is 16.1 Å². The first kappa shape index (κ1) is 16.5. The van der Waals surface area contributed by atoms with Gasteiger partial charge in [0, 0.05) is 18.3 Å². The summed E-state index contributed by atoms with van der Waals surface area (Å²) in [4.78, 5) is 6.85. The zero-order valence-corrected chi connectivity index (χ0v) is 13.9. The minimum atomic E-state index is 0.117. The lowest BCUT2D eigenvalue weighted by molar-refractivity contribution is 0.109. The van der Waals surface area contributed by atoms with Gasteiger partial charge < -0.3 is 0 Å². The van der Waals surface area contributed by atoms with Crippen molar-refractivity contribution in [3.63, 3.8) is 0 Å². The molecule has 0 spiro atoms. The fraction of sp³-hybridized carbons (Fsp3) is 0.688. The van der Waals surface area contributed by atoms with Crippen LogP contribution in [-0.2, 0) is 6.54 Å². The fourth-order valence-electron chi connectivity index (χ4n) is 1.84. The molecule has 0 atom stereocenters. The highest BCUT2D eigenvalue weighted by molar-refractivity contribution is 6.31. The van der Waals surface area contributed by atoms with Crippen LogP contribution in [0.25, 0.3) is 0 Å². The van der Waals surface area contributed by atoms with Crippen molar-refractivity contribution in [1.82, 2.24) is 9.88 Å². The van der Waals surface area contributed by atoms with Crippen molar-refractivity contribution in [2.75, 3.05) is 6.54 Å². The molecule has 0 aliphatic carbocycles. The molecule has 0 saturated carbocycles. The smallest absolute Gasteiger partial charge is 0.0729 e. The molecule has 0 radical (unpaired) electrons. The molecule has 0 fully saturated rings. The summed E-state index contributed by atoms with van der Waals surface area (Å²) in [5.41, 5.74) is 1.43. The minimum absolute atomic E-state index is 0.117. The van der Waals surface area contributed by atoms with Gasteiger partial charge in [-0.2, -0.15) is 0 Å². The first-order chi connectivity index (χ1) is 8.59. The van der Waals surface area contributed by atoms with E-state index in [0.29, 0.717) is 5.41 Å². The molecule has 1 rings (SSSR count). The van der Waals surface area contributed by atoms with E-state index in [4.69, 9.17) is 11.6 Å². The Morgan fingerprint density at radius 2 is 1.79 bits per heavy atom. The van der Waals surface area contributed by atoms with Gasteiger partial charge in [-0.25, -0.2) is 0 Å². The molecule has 0 aromatic carbocycles. The fourth-order valence-corrected chi connectivity index (χ4v) is 2.02. The van der Waals surface area contributed by atoms with Gasteiger partial charge in [0.15, 0.2) is 0 Å². The van der Waals surface area contributed by atoms with Crippen LogP contribution in [-0.4, -0.2) is 22.0 Å². The van der Waals surface area contributed by atoms with Crippen molar-refractivity contribution >= 4 is 11.6 Å². The van der Waals surface area contributed by atoms with Crippen molar-refractivity contribution in [3.05, 3.63) is 29.0 Å². The molecule has 1 heterocycles. The highest BCUT2D eigenvalue weighted by Gasteiger charge is 2.24. The molecular formula is C16H27ClN2. The Morgan fingerprint density at radius 3 is 2.26 bits per heavy atom. The van der Waals surface area contributed by atoms with E-state index in [2.05, 4.69) is 51.4 Å². The van der Waals surface area contributed by atoms with Crippen LogP contribution in [0.4, 0.5) is 0 Å². The second-order valence-electron chi connectivity index (χ2n) is 7.33. The maximum atomic E-state index is 6.22. The predicted octanol–water partition coefficient (Wildman–Crippen LogP) is 4.77.